The van der Waals surface area contributed by atoms with E-state index in [1.807, 2.05) is 65.7 Å². The summed E-state index contributed by atoms with van der Waals surface area (Å²) in [6.45, 7) is 2.42. The van der Waals surface area contributed by atoms with Gasteiger partial charge in [-0.15, -0.1) is 0 Å². The molecule has 3 N–H and O–H groups in total. The molecule has 0 radical (unpaired) electrons. The van der Waals surface area contributed by atoms with Gasteiger partial charge < -0.3 is 0 Å². The molecule has 0 unspecified atom stereocenters. The zero-order valence-corrected chi connectivity index (χ0v) is 23.0. The van der Waals surface area contributed by atoms with Crippen molar-refractivity contribution in [1.82, 2.24) is 31.3 Å². The van der Waals surface area contributed by atoms with Crippen LogP contribution in [0, 0.1) is 0 Å². The van der Waals surface area contributed by atoms with E-state index >= 15 is 0 Å². The van der Waals surface area contributed by atoms with Crippen LogP contribution in [0.1, 0.15) is 11.1 Å². The zero-order chi connectivity index (χ0) is 25.2. The van der Waals surface area contributed by atoms with E-state index in [1.165, 1.54) is 6.20 Å². The van der Waals surface area contributed by atoms with Gasteiger partial charge in [-0.05, 0) is 0 Å². The summed E-state index contributed by atoms with van der Waals surface area (Å²) in [4.78, 5) is 26.4. The van der Waals surface area contributed by atoms with Gasteiger partial charge in [-0.3, -0.25) is 0 Å². The Labute approximate surface area is 221 Å². The number of carbonyl (C=O) groups excluding carboxylic acids is 2. The van der Waals surface area contributed by atoms with Crippen LogP contribution in [0.4, 0.5) is 0 Å². The molecule has 35 heavy (non-hydrogen) atoms. The molecule has 1 fully saturated rings. The first-order chi connectivity index (χ1) is 16.9. The quantitative estimate of drug-likeness (QED) is 0.109. The summed E-state index contributed by atoms with van der Waals surface area (Å²) in [5, 5.41) is 4.99. The molecule has 0 aliphatic carbocycles. The van der Waals surface area contributed by atoms with Crippen LogP contribution in [0.3, 0.4) is 0 Å². The summed E-state index contributed by atoms with van der Waals surface area (Å²) in [5.74, 6) is -1.13. The third-order valence-corrected chi connectivity index (χ3v) is 7.22. The van der Waals surface area contributed by atoms with Crippen molar-refractivity contribution >= 4 is 52.0 Å². The molecule has 1 aliphatic rings. The average Bonchev–Trinajstić information content (AvgIpc) is 2.89. The molecule has 0 bridgehead atoms. The number of amides is 2. The second-order valence-electron chi connectivity index (χ2n) is 7.63. The van der Waals surface area contributed by atoms with Gasteiger partial charge in [0, 0.05) is 0 Å². The number of rotatable bonds is 10. The third-order valence-electron chi connectivity index (χ3n) is 5.08. The first-order valence-electron chi connectivity index (χ1n) is 10.9. The number of morpholine rings is 1. The Balaban J connectivity index is 1.73. The second kappa shape index (κ2) is 13.3. The van der Waals surface area contributed by atoms with Gasteiger partial charge >= 0.3 is 222 Å². The van der Waals surface area contributed by atoms with Crippen molar-refractivity contribution in [3.05, 3.63) is 83.6 Å². The normalized spacial score (nSPS) is 13.2. The first-order valence-corrected chi connectivity index (χ1v) is 12.7. The number of nitrogens with one attached hydrogen (secondary N) is 3. The Morgan fingerprint density at radius 3 is 1.69 bits per heavy atom. The molecule has 2 aromatic rings. The fraction of sp³-hybridized carbons (Fsp3) is 0.250. The second-order valence-corrected chi connectivity index (χ2v) is 9.25. The molecule has 0 aromatic heterocycles. The van der Waals surface area contributed by atoms with E-state index in [0.29, 0.717) is 35.4 Å². The van der Waals surface area contributed by atoms with E-state index in [4.69, 9.17) is 4.74 Å². The van der Waals surface area contributed by atoms with E-state index in [0.717, 1.165) is 11.1 Å². The summed E-state index contributed by atoms with van der Waals surface area (Å²) < 4.78 is 6.77. The minimum atomic E-state index is -0.566. The maximum absolute atomic E-state index is 13.2. The SMILES string of the molecule is CN(NC(=O)C(=CNN1CCOCC1)C(=O)NN(C)C(=[Se])c1ccccc1)C(=[Se])c1ccccc1. The van der Waals surface area contributed by atoms with Crippen LogP contribution < -0.4 is 16.3 Å². The molecule has 11 heteroatoms. The van der Waals surface area contributed by atoms with Gasteiger partial charge in [0.05, 0.1) is 0 Å². The summed E-state index contributed by atoms with van der Waals surface area (Å²) in [7, 11) is 3.41. The van der Waals surface area contributed by atoms with Gasteiger partial charge in [-0.1, -0.05) is 0 Å². The molecule has 1 saturated heterocycles. The fourth-order valence-corrected chi connectivity index (χ4v) is 3.92. The molecule has 2 aromatic carbocycles. The first kappa shape index (κ1) is 26.8. The number of carbonyl (C=O) groups is 2. The number of hydrogen-bond donors (Lipinski definition) is 3. The van der Waals surface area contributed by atoms with Crippen molar-refractivity contribution in [2.24, 2.45) is 0 Å². The van der Waals surface area contributed by atoms with E-state index < -0.39 is 11.8 Å². The molecule has 9 nitrogen and oxygen atoms in total. The predicted molar refractivity (Wildman–Crippen MR) is 138 cm³/mol. The molecule has 0 spiro atoms. The van der Waals surface area contributed by atoms with Crippen LogP contribution in [-0.2, 0) is 14.3 Å². The Morgan fingerprint density at radius 2 is 1.26 bits per heavy atom. The number of ether oxygens (including phenoxy) is 1. The van der Waals surface area contributed by atoms with E-state index in [2.05, 4.69) is 47.4 Å². The molecular weight excluding hydrogens is 578 g/mol. The van der Waals surface area contributed by atoms with Crippen LogP contribution in [0.2, 0.25) is 0 Å². The Hall–Kier alpha value is -2.78. The van der Waals surface area contributed by atoms with Crippen molar-refractivity contribution in [1.29, 1.82) is 0 Å². The molecule has 1 heterocycles. The van der Waals surface area contributed by atoms with Crippen molar-refractivity contribution in [3.8, 4) is 0 Å². The molecule has 0 atom stereocenters. The average molecular weight is 606 g/mol. The van der Waals surface area contributed by atoms with Crippen LogP contribution >= 0.6 is 0 Å². The zero-order valence-electron chi connectivity index (χ0n) is 19.6. The standard InChI is InChI=1S/C24H28N6O3Se2/c1-28(23(34)18-9-5-3-6-10-18)26-21(31)20(17-25-30-13-15-33-16-14-30)22(32)27-29(2)24(35)19-11-7-4-8-12-19/h3-12,17,25H,13-16H2,1-2H3,(H,26,31)(H,27,32). The maximum atomic E-state index is 13.2. The van der Waals surface area contributed by atoms with Gasteiger partial charge in [0.2, 0.25) is 0 Å². The summed E-state index contributed by atoms with van der Waals surface area (Å²) >= 11 is 5.94. The number of nitrogens with zero attached hydrogens (tertiary/aromatic N) is 3. The summed E-state index contributed by atoms with van der Waals surface area (Å²) in [6, 6.07) is 19.2. The van der Waals surface area contributed by atoms with Crippen molar-refractivity contribution in [2.75, 3.05) is 40.4 Å². The Kier molecular flexibility index (Phi) is 10.2. The van der Waals surface area contributed by atoms with Gasteiger partial charge in [0.25, 0.3) is 0 Å². The number of hydrogen-bond acceptors (Lipinski definition) is 7. The van der Waals surface area contributed by atoms with Gasteiger partial charge in [0.1, 0.15) is 0 Å². The monoisotopic (exact) mass is 608 g/mol. The van der Waals surface area contributed by atoms with Gasteiger partial charge in [-0.2, -0.15) is 0 Å². The summed E-state index contributed by atoms with van der Waals surface area (Å²) in [6.07, 6.45) is 1.42. The molecule has 1 aliphatic heterocycles. The van der Waals surface area contributed by atoms with Crippen molar-refractivity contribution < 1.29 is 14.3 Å². The van der Waals surface area contributed by atoms with E-state index in [-0.39, 0.29) is 5.57 Å². The molecule has 3 rings (SSSR count). The predicted octanol–water partition coefficient (Wildman–Crippen LogP) is -0.673. The Morgan fingerprint density at radius 1 is 0.829 bits per heavy atom. The topological polar surface area (TPSA) is 89.2 Å². The van der Waals surface area contributed by atoms with Crippen molar-refractivity contribution in [3.63, 3.8) is 0 Å². The van der Waals surface area contributed by atoms with Crippen LogP contribution in [0.25, 0.3) is 0 Å². The Bertz CT molecular complexity index is 1000. The minimum absolute atomic E-state index is 0.0862. The molecule has 184 valence electrons. The van der Waals surface area contributed by atoms with Gasteiger partial charge in [-0.25, -0.2) is 0 Å². The van der Waals surface area contributed by atoms with Crippen LogP contribution in [-0.4, -0.2) is 107 Å². The number of hydrazine groups is 3. The summed E-state index contributed by atoms with van der Waals surface area (Å²) in [5.41, 5.74) is 10.3. The molecule has 2 amide bonds. The fourth-order valence-electron chi connectivity index (χ4n) is 3.16. The molecular formula is C24H28N6O3Se2. The van der Waals surface area contributed by atoms with Crippen LogP contribution in [0.15, 0.2) is 72.4 Å². The van der Waals surface area contributed by atoms with Crippen LogP contribution in [0.5, 0.6) is 0 Å². The van der Waals surface area contributed by atoms with Crippen molar-refractivity contribution in [2.45, 2.75) is 0 Å². The van der Waals surface area contributed by atoms with E-state index in [9.17, 15) is 9.59 Å². The van der Waals surface area contributed by atoms with Gasteiger partial charge in [0.15, 0.2) is 0 Å². The molecule has 0 saturated carbocycles. The van der Waals surface area contributed by atoms with E-state index in [1.54, 1.807) is 24.1 Å². The number of benzene rings is 2. The third kappa shape index (κ3) is 7.86.